The molecule has 0 aromatic heterocycles. The Bertz CT molecular complexity index is 861. The van der Waals surface area contributed by atoms with Gasteiger partial charge in [-0.25, -0.2) is 13.1 Å². The van der Waals surface area contributed by atoms with Crippen LogP contribution in [0, 0.1) is 0 Å². The third kappa shape index (κ3) is 6.15. The average Bonchev–Trinajstić information content (AvgIpc) is 3.21. The molecule has 2 aromatic carbocycles. The van der Waals surface area contributed by atoms with Crippen LogP contribution in [0.15, 0.2) is 59.5 Å². The molecule has 0 bridgehead atoms. The normalized spacial score (nSPS) is 16.8. The molecule has 0 saturated carbocycles. The van der Waals surface area contributed by atoms with Gasteiger partial charge in [0.15, 0.2) is 0 Å². The molecule has 0 aliphatic carbocycles. The number of nitrogens with one attached hydrogen (secondary N) is 2. The molecule has 1 aliphatic heterocycles. The van der Waals surface area contributed by atoms with Gasteiger partial charge >= 0.3 is 0 Å². The van der Waals surface area contributed by atoms with Crippen LogP contribution < -0.4 is 10.0 Å². The highest BCUT2D eigenvalue weighted by atomic mass is 32.2. The minimum absolute atomic E-state index is 0.0516. The van der Waals surface area contributed by atoms with Crippen LogP contribution in [0.25, 0.3) is 0 Å². The van der Waals surface area contributed by atoms with E-state index >= 15 is 0 Å². The zero-order valence-corrected chi connectivity index (χ0v) is 16.6. The van der Waals surface area contributed by atoms with E-state index in [2.05, 4.69) is 10.0 Å². The van der Waals surface area contributed by atoms with Crippen molar-refractivity contribution < 1.29 is 17.9 Å². The Morgan fingerprint density at radius 1 is 1.07 bits per heavy atom. The molecule has 1 heterocycles. The molecule has 7 heteroatoms. The number of benzene rings is 2. The Labute approximate surface area is 166 Å². The van der Waals surface area contributed by atoms with Crippen LogP contribution in [-0.4, -0.2) is 33.6 Å². The Balaban J connectivity index is 1.45. The molecule has 0 spiro atoms. The molecule has 1 aliphatic rings. The maximum atomic E-state index is 12.3. The van der Waals surface area contributed by atoms with Crippen LogP contribution in [0.2, 0.25) is 0 Å². The van der Waals surface area contributed by atoms with Gasteiger partial charge in [0.1, 0.15) is 0 Å². The Morgan fingerprint density at radius 3 is 2.50 bits per heavy atom. The van der Waals surface area contributed by atoms with Crippen LogP contribution >= 0.6 is 0 Å². The van der Waals surface area contributed by atoms with E-state index in [1.54, 1.807) is 12.1 Å². The molecule has 2 aromatic rings. The van der Waals surface area contributed by atoms with Crippen LogP contribution in [0.5, 0.6) is 0 Å². The molecule has 2 N–H and O–H groups in total. The molecule has 1 saturated heterocycles. The van der Waals surface area contributed by atoms with E-state index in [0.717, 1.165) is 25.7 Å². The first kappa shape index (κ1) is 20.5. The molecule has 1 amide bonds. The lowest BCUT2D eigenvalue weighted by atomic mass is 10.1. The maximum Gasteiger partial charge on any atom is 0.240 e. The minimum atomic E-state index is -3.58. The van der Waals surface area contributed by atoms with E-state index in [1.165, 1.54) is 17.7 Å². The molecule has 0 radical (unpaired) electrons. The van der Waals surface area contributed by atoms with Gasteiger partial charge in [0, 0.05) is 25.3 Å². The van der Waals surface area contributed by atoms with E-state index in [0.29, 0.717) is 18.7 Å². The molecule has 3 rings (SSSR count). The summed E-state index contributed by atoms with van der Waals surface area (Å²) < 4.78 is 32.7. The van der Waals surface area contributed by atoms with Gasteiger partial charge in [-0.15, -0.1) is 0 Å². The van der Waals surface area contributed by atoms with Crippen molar-refractivity contribution in [3.63, 3.8) is 0 Å². The van der Waals surface area contributed by atoms with Gasteiger partial charge in [-0.2, -0.15) is 0 Å². The summed E-state index contributed by atoms with van der Waals surface area (Å²) in [4.78, 5) is 12.3. The van der Waals surface area contributed by atoms with E-state index in [9.17, 15) is 13.2 Å². The summed E-state index contributed by atoms with van der Waals surface area (Å²) in [5.41, 5.74) is 1.79. The topological polar surface area (TPSA) is 84.5 Å². The fourth-order valence-corrected chi connectivity index (χ4v) is 4.20. The first-order valence-corrected chi connectivity index (χ1v) is 11.1. The second-order valence-corrected chi connectivity index (χ2v) is 8.67. The minimum Gasteiger partial charge on any atom is -0.377 e. The van der Waals surface area contributed by atoms with Gasteiger partial charge in [-0.05, 0) is 55.5 Å². The standard InChI is InChI=1S/C21H26N2O4S/c24-21(10-4-8-17-6-2-1-3-7-17)23-18-11-13-20(14-12-18)28(25,26)22-16-19-9-5-15-27-19/h1-3,6-7,11-14,19,22H,4-5,8-10,15-16H2,(H,23,24). The molecular weight excluding hydrogens is 376 g/mol. The predicted molar refractivity (Wildman–Crippen MR) is 109 cm³/mol. The molecule has 28 heavy (non-hydrogen) atoms. The fraction of sp³-hybridized carbons (Fsp3) is 0.381. The van der Waals surface area contributed by atoms with E-state index in [4.69, 9.17) is 4.74 Å². The van der Waals surface area contributed by atoms with Crippen LogP contribution in [0.3, 0.4) is 0 Å². The SMILES string of the molecule is O=C(CCCc1ccccc1)Nc1ccc(S(=O)(=O)NCC2CCCO2)cc1. The van der Waals surface area contributed by atoms with Crippen molar-refractivity contribution in [3.05, 3.63) is 60.2 Å². The second kappa shape index (κ2) is 9.82. The summed E-state index contributed by atoms with van der Waals surface area (Å²) >= 11 is 0. The van der Waals surface area contributed by atoms with Gasteiger partial charge in [0.25, 0.3) is 0 Å². The van der Waals surface area contributed by atoms with Crippen LogP contribution in [0.4, 0.5) is 5.69 Å². The summed E-state index contributed by atoms with van der Waals surface area (Å²) in [5, 5.41) is 2.81. The number of amides is 1. The molecule has 1 atom stereocenters. The summed E-state index contributed by atoms with van der Waals surface area (Å²) in [7, 11) is -3.58. The van der Waals surface area contributed by atoms with Gasteiger partial charge in [0.05, 0.1) is 11.0 Å². The summed E-state index contributed by atoms with van der Waals surface area (Å²) in [6, 6.07) is 16.2. The van der Waals surface area contributed by atoms with Gasteiger partial charge in [0.2, 0.25) is 15.9 Å². The summed E-state index contributed by atoms with van der Waals surface area (Å²) in [5.74, 6) is -0.0805. The van der Waals surface area contributed by atoms with Crippen molar-refractivity contribution in [2.75, 3.05) is 18.5 Å². The number of carbonyl (C=O) groups excluding carboxylic acids is 1. The molecule has 6 nitrogen and oxygen atoms in total. The van der Waals surface area contributed by atoms with Crippen molar-refractivity contribution in [1.82, 2.24) is 4.72 Å². The first-order chi connectivity index (χ1) is 13.5. The molecule has 1 fully saturated rings. The van der Waals surface area contributed by atoms with Crippen molar-refractivity contribution in [3.8, 4) is 0 Å². The molecular formula is C21H26N2O4S. The van der Waals surface area contributed by atoms with Gasteiger partial charge < -0.3 is 10.1 Å². The number of sulfonamides is 1. The third-order valence-electron chi connectivity index (χ3n) is 4.69. The zero-order valence-electron chi connectivity index (χ0n) is 15.8. The molecule has 1 unspecified atom stereocenters. The van der Waals surface area contributed by atoms with Gasteiger partial charge in [-0.3, -0.25) is 4.79 Å². The number of hydrogen-bond acceptors (Lipinski definition) is 4. The van der Waals surface area contributed by atoms with E-state index in [1.807, 2.05) is 30.3 Å². The fourth-order valence-electron chi connectivity index (χ4n) is 3.13. The lowest BCUT2D eigenvalue weighted by Gasteiger charge is -2.12. The summed E-state index contributed by atoms with van der Waals surface area (Å²) in [6.07, 6.45) is 3.81. The predicted octanol–water partition coefficient (Wildman–Crippen LogP) is 3.11. The van der Waals surface area contributed by atoms with Crippen molar-refractivity contribution in [2.45, 2.75) is 43.1 Å². The van der Waals surface area contributed by atoms with Crippen LogP contribution in [0.1, 0.15) is 31.2 Å². The van der Waals surface area contributed by atoms with Crippen molar-refractivity contribution in [2.24, 2.45) is 0 Å². The largest absolute Gasteiger partial charge is 0.377 e. The number of anilines is 1. The lowest BCUT2D eigenvalue weighted by molar-refractivity contribution is -0.116. The smallest absolute Gasteiger partial charge is 0.240 e. The van der Waals surface area contributed by atoms with Crippen molar-refractivity contribution in [1.29, 1.82) is 0 Å². The highest BCUT2D eigenvalue weighted by molar-refractivity contribution is 7.89. The van der Waals surface area contributed by atoms with Gasteiger partial charge in [-0.1, -0.05) is 30.3 Å². The number of rotatable bonds is 9. The first-order valence-electron chi connectivity index (χ1n) is 9.58. The lowest BCUT2D eigenvalue weighted by Crippen LogP contribution is -2.31. The average molecular weight is 403 g/mol. The quantitative estimate of drug-likeness (QED) is 0.675. The Hall–Kier alpha value is -2.22. The van der Waals surface area contributed by atoms with Crippen molar-refractivity contribution >= 4 is 21.6 Å². The van der Waals surface area contributed by atoms with E-state index in [-0.39, 0.29) is 23.5 Å². The zero-order chi connectivity index (χ0) is 19.8. The van der Waals surface area contributed by atoms with Crippen LogP contribution in [-0.2, 0) is 26.0 Å². The maximum absolute atomic E-state index is 12.3. The Morgan fingerprint density at radius 2 is 1.82 bits per heavy atom. The number of hydrogen-bond donors (Lipinski definition) is 2. The number of ether oxygens (including phenoxy) is 1. The number of aryl methyl sites for hydroxylation is 1. The molecule has 150 valence electrons. The summed E-state index contributed by atoms with van der Waals surface area (Å²) in [6.45, 7) is 0.967. The number of carbonyl (C=O) groups is 1. The highest BCUT2D eigenvalue weighted by Gasteiger charge is 2.20. The Kier molecular flexibility index (Phi) is 7.19. The second-order valence-electron chi connectivity index (χ2n) is 6.90. The van der Waals surface area contributed by atoms with E-state index < -0.39 is 10.0 Å². The highest BCUT2D eigenvalue weighted by Crippen LogP contribution is 2.16. The third-order valence-corrected chi connectivity index (χ3v) is 6.12. The monoisotopic (exact) mass is 402 g/mol.